The average molecular weight is 574 g/mol. The van der Waals surface area contributed by atoms with Gasteiger partial charge in [0.05, 0.1) is 22.9 Å². The van der Waals surface area contributed by atoms with Crippen LogP contribution in [0.4, 0.5) is 0 Å². The van der Waals surface area contributed by atoms with Gasteiger partial charge in [0.2, 0.25) is 11.8 Å². The number of carboxylic acids is 1. The molecule has 3 aliphatic rings. The average Bonchev–Trinajstić information content (AvgIpc) is 3.66. The van der Waals surface area contributed by atoms with Crippen molar-refractivity contribution in [3.8, 4) is 10.7 Å². The molecule has 2 aromatic heterocycles. The van der Waals surface area contributed by atoms with Crippen LogP contribution in [-0.2, 0) is 25.7 Å². The number of thiophene rings is 1. The van der Waals surface area contributed by atoms with E-state index in [4.69, 9.17) is 0 Å². The molecule has 5 rings (SSSR count). The number of ketones is 1. The highest BCUT2D eigenvalue weighted by molar-refractivity contribution is 8.03. The molecule has 5 heterocycles. The van der Waals surface area contributed by atoms with E-state index in [-0.39, 0.29) is 65.4 Å². The van der Waals surface area contributed by atoms with Crippen molar-refractivity contribution in [2.24, 2.45) is 17.8 Å². The Bertz CT molecular complexity index is 1320. The van der Waals surface area contributed by atoms with Crippen molar-refractivity contribution in [1.82, 2.24) is 35.3 Å². The summed E-state index contributed by atoms with van der Waals surface area (Å²) in [5, 5.41) is 26.9. The molecule has 39 heavy (non-hydrogen) atoms. The summed E-state index contributed by atoms with van der Waals surface area (Å²) in [6.45, 7) is 4.39. The SMILES string of the molecule is C[C@@H](CC(=O)Cn1nnnc1-c1cccs1)[C@H]1C(=O)N2C(C(=O)O)=C(S[C@@H]3CN[C@H](C(=O)N(C)C)C3)[C@H](C)[C@H]12. The number of Topliss-reactive ketones (excluding diaryl/α,β-unsaturated/α-hetero) is 1. The van der Waals surface area contributed by atoms with Gasteiger partial charge >= 0.3 is 5.97 Å². The van der Waals surface area contributed by atoms with Gasteiger partial charge in [-0.05, 0) is 34.2 Å². The topological polar surface area (TPSA) is 151 Å². The van der Waals surface area contributed by atoms with Crippen LogP contribution in [0, 0.1) is 17.8 Å². The van der Waals surface area contributed by atoms with Crippen molar-refractivity contribution in [1.29, 1.82) is 0 Å². The lowest BCUT2D eigenvalue weighted by Gasteiger charge is -2.47. The van der Waals surface area contributed by atoms with Crippen molar-refractivity contribution >= 4 is 46.7 Å². The van der Waals surface area contributed by atoms with Crippen LogP contribution in [0.25, 0.3) is 10.7 Å². The molecule has 2 amide bonds. The second-order valence-electron chi connectivity index (χ2n) is 10.6. The Morgan fingerprint density at radius 1 is 1.33 bits per heavy atom. The van der Waals surface area contributed by atoms with Crippen LogP contribution < -0.4 is 5.32 Å². The minimum atomic E-state index is -1.13. The molecule has 0 spiro atoms. The molecule has 3 aliphatic heterocycles. The van der Waals surface area contributed by atoms with E-state index >= 15 is 0 Å². The first-order valence-corrected chi connectivity index (χ1v) is 14.6. The van der Waals surface area contributed by atoms with Gasteiger partial charge in [-0.25, -0.2) is 9.48 Å². The number of carboxylic acid groups (broad SMARTS) is 1. The third-order valence-electron chi connectivity index (χ3n) is 7.68. The fourth-order valence-electron chi connectivity index (χ4n) is 5.85. The number of fused-ring (bicyclic) bond motifs is 1. The minimum absolute atomic E-state index is 0.00331. The molecule has 0 unspecified atom stereocenters. The Hall–Kier alpha value is -3.10. The van der Waals surface area contributed by atoms with Crippen LogP contribution in [0.5, 0.6) is 0 Å². The molecule has 12 nitrogen and oxygen atoms in total. The first-order chi connectivity index (χ1) is 18.6. The Kier molecular flexibility index (Phi) is 7.62. The fraction of sp³-hybridized carbons (Fsp3) is 0.560. The summed E-state index contributed by atoms with van der Waals surface area (Å²) in [5.74, 6) is -1.88. The summed E-state index contributed by atoms with van der Waals surface area (Å²) in [5.41, 5.74) is 0.0361. The van der Waals surface area contributed by atoms with Crippen molar-refractivity contribution in [2.45, 2.75) is 50.6 Å². The summed E-state index contributed by atoms with van der Waals surface area (Å²) in [6.07, 6.45) is 0.741. The van der Waals surface area contributed by atoms with Gasteiger partial charge in [0.1, 0.15) is 12.2 Å². The highest BCUT2D eigenvalue weighted by Gasteiger charge is 2.60. The van der Waals surface area contributed by atoms with E-state index in [1.54, 1.807) is 19.0 Å². The number of tetrazole rings is 1. The molecule has 0 aliphatic carbocycles. The van der Waals surface area contributed by atoms with Gasteiger partial charge in [-0.1, -0.05) is 19.9 Å². The molecule has 2 saturated heterocycles. The number of β-lactam (4-membered cyclic amide) rings is 1. The standard InChI is InChI=1S/C25H31N7O5S2/c1-12(8-14(33)11-31-22(27-28-29-31)17-6-5-7-38-17)18-19-13(2)21(20(25(36)37)32(19)24(18)35)39-15-9-16(26-10-15)23(34)30(3)4/h5-7,12-13,15-16,18-19,26H,8-11H2,1-4H3,(H,36,37)/t12-,13+,15-,16-,18+,19+/m0/s1. The number of aliphatic carboxylic acids is 1. The zero-order valence-electron chi connectivity index (χ0n) is 22.1. The van der Waals surface area contributed by atoms with E-state index in [0.29, 0.717) is 23.7 Å². The molecular weight excluding hydrogens is 542 g/mol. The maximum absolute atomic E-state index is 13.3. The van der Waals surface area contributed by atoms with Crippen molar-refractivity contribution in [3.05, 3.63) is 28.1 Å². The number of hydrogen-bond donors (Lipinski definition) is 2. The molecule has 14 heteroatoms. The molecular formula is C25H31N7O5S2. The van der Waals surface area contributed by atoms with Crippen LogP contribution in [0.1, 0.15) is 26.7 Å². The van der Waals surface area contributed by atoms with Gasteiger partial charge < -0.3 is 20.2 Å². The number of amides is 2. The number of thioether (sulfide) groups is 1. The summed E-state index contributed by atoms with van der Waals surface area (Å²) in [7, 11) is 3.42. The molecule has 0 radical (unpaired) electrons. The van der Waals surface area contributed by atoms with E-state index in [9.17, 15) is 24.3 Å². The highest BCUT2D eigenvalue weighted by Crippen LogP contribution is 2.53. The zero-order chi connectivity index (χ0) is 28.0. The van der Waals surface area contributed by atoms with E-state index in [1.165, 1.54) is 32.7 Å². The molecule has 0 aromatic carbocycles. The summed E-state index contributed by atoms with van der Waals surface area (Å²) < 4.78 is 1.47. The molecule has 6 atom stereocenters. The predicted octanol–water partition coefficient (Wildman–Crippen LogP) is 1.32. The van der Waals surface area contributed by atoms with E-state index in [0.717, 1.165) is 4.88 Å². The number of aromatic nitrogens is 4. The molecule has 208 valence electrons. The number of likely N-dealkylation sites (N-methyl/N-ethyl adjacent to an activating group) is 1. The van der Waals surface area contributed by atoms with Gasteiger partial charge in [0.25, 0.3) is 0 Å². The lowest BCUT2D eigenvalue weighted by atomic mass is 9.73. The van der Waals surface area contributed by atoms with Crippen molar-refractivity contribution in [3.63, 3.8) is 0 Å². The Morgan fingerprint density at radius 3 is 2.77 bits per heavy atom. The smallest absolute Gasteiger partial charge is 0.353 e. The first-order valence-electron chi connectivity index (χ1n) is 12.8. The quantitative estimate of drug-likeness (QED) is 0.398. The van der Waals surface area contributed by atoms with Gasteiger partial charge in [-0.2, -0.15) is 0 Å². The van der Waals surface area contributed by atoms with Crippen molar-refractivity contribution < 1.29 is 24.3 Å². The summed E-state index contributed by atoms with van der Waals surface area (Å²) in [4.78, 5) is 55.4. The fourth-order valence-corrected chi connectivity index (χ4v) is 8.04. The lowest BCUT2D eigenvalue weighted by Crippen LogP contribution is -2.62. The Balaban J connectivity index is 1.25. The summed E-state index contributed by atoms with van der Waals surface area (Å²) in [6, 6.07) is 3.16. The molecule has 2 aromatic rings. The molecule has 2 fully saturated rings. The number of hydrogen-bond acceptors (Lipinski definition) is 10. The van der Waals surface area contributed by atoms with Crippen LogP contribution in [0.3, 0.4) is 0 Å². The highest BCUT2D eigenvalue weighted by atomic mass is 32.2. The van der Waals surface area contributed by atoms with Crippen LogP contribution in [-0.4, -0.2) is 96.7 Å². The third-order valence-corrected chi connectivity index (χ3v) is 10.1. The summed E-state index contributed by atoms with van der Waals surface area (Å²) >= 11 is 2.93. The van der Waals surface area contributed by atoms with E-state index in [1.807, 2.05) is 31.4 Å². The van der Waals surface area contributed by atoms with Gasteiger partial charge in [-0.3, -0.25) is 14.4 Å². The molecule has 2 N–H and O–H groups in total. The molecule has 0 bridgehead atoms. The number of carbonyl (C=O) groups is 4. The largest absolute Gasteiger partial charge is 0.477 e. The number of rotatable bonds is 10. The number of carbonyl (C=O) groups excluding carboxylic acids is 3. The normalized spacial score (nSPS) is 26.9. The third kappa shape index (κ3) is 5.00. The van der Waals surface area contributed by atoms with Crippen LogP contribution >= 0.6 is 23.1 Å². The monoisotopic (exact) mass is 573 g/mol. The van der Waals surface area contributed by atoms with Crippen molar-refractivity contribution in [2.75, 3.05) is 20.6 Å². The Morgan fingerprint density at radius 2 is 2.10 bits per heavy atom. The van der Waals surface area contributed by atoms with Crippen LogP contribution in [0.15, 0.2) is 28.1 Å². The zero-order valence-corrected chi connectivity index (χ0v) is 23.7. The molecule has 0 saturated carbocycles. The maximum Gasteiger partial charge on any atom is 0.353 e. The van der Waals surface area contributed by atoms with E-state index < -0.39 is 11.9 Å². The van der Waals surface area contributed by atoms with Crippen LogP contribution in [0.2, 0.25) is 0 Å². The van der Waals surface area contributed by atoms with Gasteiger partial charge in [-0.15, -0.1) is 28.2 Å². The first kappa shape index (κ1) is 27.5. The Labute approximate surface area is 233 Å². The number of nitrogens with one attached hydrogen (secondary N) is 1. The second kappa shape index (κ2) is 10.8. The van der Waals surface area contributed by atoms with E-state index in [2.05, 4.69) is 20.8 Å². The predicted molar refractivity (Wildman–Crippen MR) is 144 cm³/mol. The van der Waals surface area contributed by atoms with Gasteiger partial charge in [0.15, 0.2) is 11.6 Å². The maximum atomic E-state index is 13.3. The van der Waals surface area contributed by atoms with Gasteiger partial charge in [0, 0.05) is 43.1 Å². The minimum Gasteiger partial charge on any atom is -0.477 e. The number of nitrogens with zero attached hydrogens (tertiary/aromatic N) is 6. The lowest BCUT2D eigenvalue weighted by molar-refractivity contribution is -0.160. The second-order valence-corrected chi connectivity index (χ2v) is 12.8.